The van der Waals surface area contributed by atoms with Gasteiger partial charge in [0.05, 0.1) is 5.25 Å². The molecule has 2 fully saturated rings. The molecule has 3 rings (SSSR count). The van der Waals surface area contributed by atoms with Crippen LogP contribution in [0.4, 0.5) is 5.69 Å². The minimum Gasteiger partial charge on any atom is -0.336 e. The average molecular weight is 336 g/mol. The molecule has 124 valence electrons. The molecule has 2 aliphatic rings. The van der Waals surface area contributed by atoms with Crippen LogP contribution in [0.15, 0.2) is 24.3 Å². The smallest absolute Gasteiger partial charge is 0.253 e. The quantitative estimate of drug-likeness (QED) is 0.878. The van der Waals surface area contributed by atoms with Crippen molar-refractivity contribution in [2.45, 2.75) is 25.0 Å². The largest absolute Gasteiger partial charge is 0.336 e. The number of nitrogens with zero attached hydrogens (tertiary/aromatic N) is 1. The van der Waals surface area contributed by atoms with Gasteiger partial charge in [-0.2, -0.15) is 0 Å². The minimum absolute atomic E-state index is 0.0273. The van der Waals surface area contributed by atoms with E-state index in [9.17, 15) is 18.0 Å². The molecule has 0 atom stereocenters. The first-order chi connectivity index (χ1) is 10.9. The first-order valence-corrected chi connectivity index (χ1v) is 9.54. The van der Waals surface area contributed by atoms with Crippen LogP contribution in [0, 0.1) is 5.92 Å². The van der Waals surface area contributed by atoms with E-state index < -0.39 is 15.1 Å². The summed E-state index contributed by atoms with van der Waals surface area (Å²) in [4.78, 5) is 25.5. The molecular formula is C16H20N2O4S. The lowest BCUT2D eigenvalue weighted by Gasteiger charge is -2.38. The van der Waals surface area contributed by atoms with Gasteiger partial charge in [0.25, 0.3) is 5.91 Å². The van der Waals surface area contributed by atoms with E-state index in [2.05, 4.69) is 5.32 Å². The van der Waals surface area contributed by atoms with Gasteiger partial charge in [-0.05, 0) is 37.1 Å². The number of benzene rings is 1. The van der Waals surface area contributed by atoms with Crippen molar-refractivity contribution in [3.8, 4) is 0 Å². The number of rotatable bonds is 5. The molecule has 1 aliphatic heterocycles. The van der Waals surface area contributed by atoms with E-state index in [0.717, 1.165) is 12.8 Å². The Hall–Kier alpha value is -1.89. The maximum Gasteiger partial charge on any atom is 0.253 e. The lowest BCUT2D eigenvalue weighted by molar-refractivity contribution is -0.117. The van der Waals surface area contributed by atoms with Gasteiger partial charge in [0.2, 0.25) is 5.91 Å². The number of likely N-dealkylation sites (tertiary alicyclic amines) is 1. The summed E-state index contributed by atoms with van der Waals surface area (Å²) < 4.78 is 23.4. The summed E-state index contributed by atoms with van der Waals surface area (Å²) in [6, 6.07) is 6.72. The summed E-state index contributed by atoms with van der Waals surface area (Å²) in [7, 11) is -3.07. The highest BCUT2D eigenvalue weighted by Gasteiger charge is 2.38. The Morgan fingerprint density at radius 1 is 1.17 bits per heavy atom. The first-order valence-electron chi connectivity index (χ1n) is 7.82. The van der Waals surface area contributed by atoms with Gasteiger partial charge in [0.1, 0.15) is 0 Å². The van der Waals surface area contributed by atoms with Crippen molar-refractivity contribution < 1.29 is 18.0 Å². The summed E-state index contributed by atoms with van der Waals surface area (Å²) in [6.45, 7) is 2.14. The zero-order valence-corrected chi connectivity index (χ0v) is 13.8. The fraction of sp³-hybridized carbons (Fsp3) is 0.500. The van der Waals surface area contributed by atoms with E-state index >= 15 is 0 Å². The first kappa shape index (κ1) is 16.0. The predicted molar refractivity (Wildman–Crippen MR) is 86.9 cm³/mol. The van der Waals surface area contributed by atoms with Gasteiger partial charge in [0, 0.05) is 36.0 Å². The zero-order valence-electron chi connectivity index (χ0n) is 13.0. The fourth-order valence-corrected chi connectivity index (χ4v) is 3.82. The summed E-state index contributed by atoms with van der Waals surface area (Å²) >= 11 is 0. The highest BCUT2D eigenvalue weighted by atomic mass is 32.2. The topological polar surface area (TPSA) is 83.6 Å². The van der Waals surface area contributed by atoms with Crippen LogP contribution in [0.25, 0.3) is 0 Å². The van der Waals surface area contributed by atoms with E-state index in [1.54, 1.807) is 31.2 Å². The Morgan fingerprint density at radius 2 is 1.78 bits per heavy atom. The Morgan fingerprint density at radius 3 is 2.30 bits per heavy atom. The van der Waals surface area contributed by atoms with E-state index in [1.807, 2.05) is 0 Å². The summed E-state index contributed by atoms with van der Waals surface area (Å²) in [5, 5.41) is 2.38. The molecule has 1 saturated heterocycles. The molecule has 1 N–H and O–H groups in total. The van der Waals surface area contributed by atoms with E-state index in [1.165, 1.54) is 4.90 Å². The standard InChI is InChI=1S/C16H20N2O4S/c1-2-23(21,22)14-9-18(10-14)16(20)12-5-7-13(8-6-12)17-15(19)11-3-4-11/h5-8,11,14H,2-4,9-10H2,1H3,(H,17,19). The van der Waals surface area contributed by atoms with Gasteiger partial charge in [-0.15, -0.1) is 0 Å². The molecule has 1 aromatic rings. The normalized spacial score (nSPS) is 18.4. The van der Waals surface area contributed by atoms with Crippen LogP contribution in [0.2, 0.25) is 0 Å². The van der Waals surface area contributed by atoms with Crippen molar-refractivity contribution in [1.29, 1.82) is 0 Å². The molecular weight excluding hydrogens is 316 g/mol. The molecule has 6 nitrogen and oxygen atoms in total. The van der Waals surface area contributed by atoms with Gasteiger partial charge in [0.15, 0.2) is 9.84 Å². The third-order valence-corrected chi connectivity index (χ3v) is 6.51. The van der Waals surface area contributed by atoms with E-state index in [0.29, 0.717) is 11.3 Å². The van der Waals surface area contributed by atoms with Gasteiger partial charge in [-0.3, -0.25) is 9.59 Å². The van der Waals surface area contributed by atoms with Gasteiger partial charge in [-0.25, -0.2) is 8.42 Å². The second-order valence-electron chi connectivity index (χ2n) is 6.12. The summed E-state index contributed by atoms with van der Waals surface area (Å²) in [5.74, 6) is 0.0941. The van der Waals surface area contributed by atoms with E-state index in [4.69, 9.17) is 0 Å². The van der Waals surface area contributed by atoms with Crippen LogP contribution in [-0.2, 0) is 14.6 Å². The number of sulfone groups is 1. The molecule has 23 heavy (non-hydrogen) atoms. The van der Waals surface area contributed by atoms with Crippen molar-refractivity contribution in [3.05, 3.63) is 29.8 Å². The SMILES string of the molecule is CCS(=O)(=O)C1CN(C(=O)c2ccc(NC(=O)C3CC3)cc2)C1. The number of carbonyl (C=O) groups excluding carboxylic acids is 2. The number of anilines is 1. The Balaban J connectivity index is 1.57. The van der Waals surface area contributed by atoms with Crippen LogP contribution >= 0.6 is 0 Å². The molecule has 1 heterocycles. The molecule has 0 unspecified atom stereocenters. The number of amides is 2. The lowest BCUT2D eigenvalue weighted by atomic mass is 10.1. The average Bonchev–Trinajstić information content (AvgIpc) is 3.30. The lowest BCUT2D eigenvalue weighted by Crippen LogP contribution is -2.57. The summed E-state index contributed by atoms with van der Waals surface area (Å²) in [5.41, 5.74) is 1.18. The molecule has 1 saturated carbocycles. The van der Waals surface area contributed by atoms with Crippen LogP contribution in [0.1, 0.15) is 30.1 Å². The molecule has 0 spiro atoms. The molecule has 0 bridgehead atoms. The highest BCUT2D eigenvalue weighted by Crippen LogP contribution is 2.30. The number of hydrogen-bond donors (Lipinski definition) is 1. The van der Waals surface area contributed by atoms with Crippen LogP contribution in [-0.4, -0.2) is 49.2 Å². The maximum atomic E-state index is 12.3. The second kappa shape index (κ2) is 5.96. The minimum atomic E-state index is -3.07. The third-order valence-electron chi connectivity index (χ3n) is 4.39. The molecule has 2 amide bonds. The Bertz CT molecular complexity index is 717. The third kappa shape index (κ3) is 3.39. The van der Waals surface area contributed by atoms with Crippen LogP contribution in [0.3, 0.4) is 0 Å². The Kier molecular flexibility index (Phi) is 4.14. The molecule has 7 heteroatoms. The van der Waals surface area contributed by atoms with Crippen molar-refractivity contribution in [2.75, 3.05) is 24.2 Å². The number of nitrogens with one attached hydrogen (secondary N) is 1. The molecule has 1 aliphatic carbocycles. The van der Waals surface area contributed by atoms with Crippen LogP contribution in [0.5, 0.6) is 0 Å². The zero-order chi connectivity index (χ0) is 16.6. The van der Waals surface area contributed by atoms with Crippen LogP contribution < -0.4 is 5.32 Å². The van der Waals surface area contributed by atoms with Crippen molar-refractivity contribution in [3.63, 3.8) is 0 Å². The highest BCUT2D eigenvalue weighted by molar-refractivity contribution is 7.92. The maximum absolute atomic E-state index is 12.3. The molecule has 0 radical (unpaired) electrons. The second-order valence-corrected chi connectivity index (χ2v) is 8.69. The fourth-order valence-electron chi connectivity index (χ4n) is 2.54. The van der Waals surface area contributed by atoms with Crippen molar-refractivity contribution in [2.24, 2.45) is 5.92 Å². The Labute approximate surface area is 135 Å². The molecule has 0 aromatic heterocycles. The van der Waals surface area contributed by atoms with Gasteiger partial charge < -0.3 is 10.2 Å². The van der Waals surface area contributed by atoms with E-state index in [-0.39, 0.29) is 36.6 Å². The summed E-state index contributed by atoms with van der Waals surface area (Å²) in [6.07, 6.45) is 1.89. The van der Waals surface area contributed by atoms with Gasteiger partial charge >= 0.3 is 0 Å². The van der Waals surface area contributed by atoms with Gasteiger partial charge in [-0.1, -0.05) is 6.92 Å². The van der Waals surface area contributed by atoms with Crippen molar-refractivity contribution in [1.82, 2.24) is 4.90 Å². The predicted octanol–water partition coefficient (Wildman–Crippen LogP) is 1.29. The monoisotopic (exact) mass is 336 g/mol. The number of carbonyl (C=O) groups is 2. The molecule has 1 aromatic carbocycles. The number of hydrogen-bond acceptors (Lipinski definition) is 4. The van der Waals surface area contributed by atoms with Crippen molar-refractivity contribution >= 4 is 27.3 Å².